The SMILES string of the molecule is CC(C)CC(=O)CCCCCC(=O)C(C)(C)C.CC1(C)OCC(CC(=O)C(C)(C)C)CO1.CC1(C)OCC(CCC(=O)C(C)(C)C)O1.CCC(=O)CCCCCC(=O)C(C)(C)C.CCC(CC)CC(=O)C(C)(C)C.CCOC1OCC(CC(=O)C(C)(C)C)CO1.COC1OCC(CC(=O)C(C)(C)C)CO1. The average molecular weight is 1500 g/mol. The van der Waals surface area contributed by atoms with Crippen LogP contribution in [0.3, 0.4) is 0 Å². The molecule has 0 radical (unpaired) electrons. The van der Waals surface area contributed by atoms with Crippen LogP contribution in [0.4, 0.5) is 0 Å². The number of carbonyl (C=O) groups is 9. The molecule has 0 aliphatic carbocycles. The average Bonchev–Trinajstić information content (AvgIpc) is 1.85. The summed E-state index contributed by atoms with van der Waals surface area (Å²) >= 11 is 0. The molecule has 1 atom stereocenters. The molecule has 4 rings (SSSR count). The maximum Gasteiger partial charge on any atom is 0.271 e. The third-order valence-electron chi connectivity index (χ3n) is 18.1. The molecule has 0 aromatic heterocycles. The Kier molecular flexibility index (Phi) is 51.6. The lowest BCUT2D eigenvalue weighted by Gasteiger charge is -2.35. The van der Waals surface area contributed by atoms with Gasteiger partial charge in [0.05, 0.1) is 52.4 Å². The van der Waals surface area contributed by atoms with Gasteiger partial charge < -0.3 is 47.4 Å². The summed E-state index contributed by atoms with van der Waals surface area (Å²) in [4.78, 5) is 104. The van der Waals surface area contributed by atoms with Crippen molar-refractivity contribution in [3.63, 3.8) is 0 Å². The molecule has 4 saturated heterocycles. The molecule has 0 bridgehead atoms. The van der Waals surface area contributed by atoms with Crippen LogP contribution in [-0.2, 0) is 90.5 Å². The van der Waals surface area contributed by atoms with Crippen LogP contribution < -0.4 is 0 Å². The Labute approximate surface area is 640 Å². The molecule has 4 heterocycles. The Morgan fingerprint density at radius 2 is 0.705 bits per heavy atom. The summed E-state index contributed by atoms with van der Waals surface area (Å²) in [5.41, 5.74) is -1.63. The highest BCUT2D eigenvalue weighted by Gasteiger charge is 2.36. The predicted octanol–water partition coefficient (Wildman–Crippen LogP) is 19.6. The Hall–Kier alpha value is -3.37. The fourth-order valence-corrected chi connectivity index (χ4v) is 9.98. The number of unbranched alkanes of at least 4 members (excludes halogenated alkanes) is 4. The van der Waals surface area contributed by atoms with Gasteiger partial charge in [0.2, 0.25) is 0 Å². The maximum atomic E-state index is 11.8. The zero-order chi connectivity index (χ0) is 82.2. The summed E-state index contributed by atoms with van der Waals surface area (Å²) in [5, 5.41) is 0. The van der Waals surface area contributed by atoms with Crippen LogP contribution in [0.1, 0.15) is 343 Å². The van der Waals surface area contributed by atoms with E-state index in [2.05, 4.69) is 27.7 Å². The normalized spacial score (nSPS) is 19.9. The predicted molar refractivity (Wildman–Crippen MR) is 420 cm³/mol. The van der Waals surface area contributed by atoms with E-state index in [1.165, 1.54) is 7.11 Å². The Morgan fingerprint density at radius 3 is 1.01 bits per heavy atom. The van der Waals surface area contributed by atoms with Crippen molar-refractivity contribution < 1.29 is 90.5 Å². The molecule has 0 aromatic carbocycles. The summed E-state index contributed by atoms with van der Waals surface area (Å²) in [7, 11) is 1.53. The first kappa shape index (κ1) is 106. The van der Waals surface area contributed by atoms with Crippen LogP contribution in [0.25, 0.3) is 0 Å². The Balaban J connectivity index is -0.00000116. The highest BCUT2D eigenvalue weighted by atomic mass is 16.9. The summed E-state index contributed by atoms with van der Waals surface area (Å²) in [6, 6.07) is 0. The van der Waals surface area contributed by atoms with Crippen molar-refractivity contribution in [2.24, 2.45) is 67.5 Å². The van der Waals surface area contributed by atoms with Crippen molar-refractivity contribution in [3.8, 4) is 0 Å². The molecule has 4 aliphatic heterocycles. The van der Waals surface area contributed by atoms with Gasteiger partial charge in [0.25, 0.3) is 13.0 Å². The monoisotopic (exact) mass is 1500 g/mol. The summed E-state index contributed by atoms with van der Waals surface area (Å²) in [5.74, 6) is 3.42. The molecule has 4 fully saturated rings. The van der Waals surface area contributed by atoms with E-state index >= 15 is 0 Å². The van der Waals surface area contributed by atoms with Crippen LogP contribution in [0.15, 0.2) is 0 Å². The highest BCUT2D eigenvalue weighted by molar-refractivity contribution is 5.86. The zero-order valence-corrected chi connectivity index (χ0v) is 73.2. The number of hydrogen-bond acceptors (Lipinski definition) is 19. The number of ether oxygens (including phenoxy) is 10. The van der Waals surface area contributed by atoms with Crippen LogP contribution in [0.2, 0.25) is 0 Å². The van der Waals surface area contributed by atoms with Gasteiger partial charge in [-0.3, -0.25) is 43.2 Å². The molecule has 0 spiro atoms. The minimum Gasteiger partial charge on any atom is -0.350 e. The standard InChI is InChI=1S/C15H28O2.C13H24O2.C12H22O4.2C12H22O3.C11H20O4.C11H22O/c1-12(2)11-13(16)9-7-6-8-10-14(17)15(3,4)5;1-5-11(14)9-7-6-8-10-12(15)13(2,3)4;1-5-14-11-15-7-9(8-16-11)6-10(13)12(2,3)4;1-11(2,3)10(13)6-9-7-14-12(4,5)15-8-9;1-11(2,3)10(13)7-6-9-8-14-12(4,5)15-9;1-11(2,3)9(12)5-8-6-14-10(13-4)15-7-8;1-6-9(7-2)8-10(12)11(3,4)5/h12H,6-11H2,1-5H3;5-10H2,1-4H3;9,11H,5-8H2,1-4H3;2*9H,6-8H2,1-5H3;8,10H,5-7H2,1-4H3;9H,6-8H2,1-5H3. The van der Waals surface area contributed by atoms with Gasteiger partial charge in [0, 0.05) is 140 Å². The molecule has 0 N–H and O–H groups in total. The Morgan fingerprint density at radius 1 is 0.381 bits per heavy atom. The van der Waals surface area contributed by atoms with E-state index in [9.17, 15) is 43.2 Å². The van der Waals surface area contributed by atoms with Crippen molar-refractivity contribution in [2.45, 2.75) is 374 Å². The molecule has 19 heteroatoms. The molecule has 0 saturated carbocycles. The smallest absolute Gasteiger partial charge is 0.271 e. The lowest BCUT2D eigenvalue weighted by molar-refractivity contribution is -0.320. The lowest BCUT2D eigenvalue weighted by atomic mass is 9.84. The van der Waals surface area contributed by atoms with Crippen molar-refractivity contribution in [1.82, 2.24) is 0 Å². The quantitative estimate of drug-likeness (QED) is 0.0585. The molecule has 0 amide bonds. The van der Waals surface area contributed by atoms with Crippen molar-refractivity contribution in [1.29, 1.82) is 0 Å². The lowest BCUT2D eigenvalue weighted by Crippen LogP contribution is -2.40. The molecule has 0 aromatic rings. The van der Waals surface area contributed by atoms with Gasteiger partial charge in [-0.05, 0) is 78.6 Å². The number of rotatable bonds is 31. The minimum absolute atomic E-state index is 0.0753. The van der Waals surface area contributed by atoms with Crippen molar-refractivity contribution >= 4 is 52.0 Å². The number of Topliss-reactive ketones (excluding diaryl/α,β-unsaturated/α-hetero) is 9. The maximum absolute atomic E-state index is 11.8. The third-order valence-corrected chi connectivity index (χ3v) is 18.1. The first-order valence-electron chi connectivity index (χ1n) is 39.8. The third kappa shape index (κ3) is 54.8. The zero-order valence-electron chi connectivity index (χ0n) is 73.2. The molecular formula is C86H160O19. The number of ketones is 9. The molecular weight excluding hydrogens is 1340 g/mol. The van der Waals surface area contributed by atoms with Crippen LogP contribution in [0.5, 0.6) is 0 Å². The molecule has 1 unspecified atom stereocenters. The van der Waals surface area contributed by atoms with Crippen LogP contribution in [0, 0.1) is 67.5 Å². The van der Waals surface area contributed by atoms with E-state index in [1.54, 1.807) is 0 Å². The first-order chi connectivity index (χ1) is 47.8. The van der Waals surface area contributed by atoms with E-state index in [4.69, 9.17) is 47.4 Å². The van der Waals surface area contributed by atoms with Gasteiger partial charge in [-0.1, -0.05) is 206 Å². The molecule has 618 valence electrons. The van der Waals surface area contributed by atoms with Gasteiger partial charge >= 0.3 is 0 Å². The second kappa shape index (κ2) is 51.2. The molecule has 4 aliphatic rings. The topological polar surface area (TPSA) is 246 Å². The van der Waals surface area contributed by atoms with Crippen LogP contribution >= 0.6 is 0 Å². The number of methoxy groups -OCH3 is 1. The summed E-state index contributed by atoms with van der Waals surface area (Å²) in [6.07, 6.45) is 15.7. The highest BCUT2D eigenvalue weighted by Crippen LogP contribution is 2.31. The largest absolute Gasteiger partial charge is 0.350 e. The van der Waals surface area contributed by atoms with Crippen LogP contribution in [-0.4, -0.2) is 143 Å². The molecule has 19 nitrogen and oxygen atoms in total. The van der Waals surface area contributed by atoms with E-state index in [0.717, 1.165) is 64.2 Å². The van der Waals surface area contributed by atoms with E-state index < -0.39 is 24.5 Å². The van der Waals surface area contributed by atoms with Crippen molar-refractivity contribution in [3.05, 3.63) is 0 Å². The Bertz CT molecular complexity index is 2450. The number of carbonyl (C=O) groups excluding carboxylic acids is 9. The van der Waals surface area contributed by atoms with Gasteiger partial charge in [-0.2, -0.15) is 0 Å². The van der Waals surface area contributed by atoms with E-state index in [-0.39, 0.29) is 84.9 Å². The second-order valence-corrected chi connectivity index (χ2v) is 37.6. The summed E-state index contributed by atoms with van der Waals surface area (Å²) < 4.78 is 53.4. The van der Waals surface area contributed by atoms with Gasteiger partial charge in [0.1, 0.15) is 52.0 Å². The van der Waals surface area contributed by atoms with Gasteiger partial charge in [-0.25, -0.2) is 0 Å². The van der Waals surface area contributed by atoms with Gasteiger partial charge in [0.15, 0.2) is 11.6 Å². The minimum atomic E-state index is -0.564. The van der Waals surface area contributed by atoms with Crippen molar-refractivity contribution in [2.75, 3.05) is 60.0 Å². The fraction of sp³-hybridized carbons (Fsp3) is 0.895. The summed E-state index contributed by atoms with van der Waals surface area (Å²) in [6.45, 7) is 64.3. The van der Waals surface area contributed by atoms with Gasteiger partial charge in [-0.15, -0.1) is 0 Å². The first-order valence-corrected chi connectivity index (χ1v) is 39.8. The second-order valence-electron chi connectivity index (χ2n) is 37.6. The molecule has 105 heavy (non-hydrogen) atoms. The fourth-order valence-electron chi connectivity index (χ4n) is 9.98. The van der Waals surface area contributed by atoms with E-state index in [0.29, 0.717) is 158 Å². The van der Waals surface area contributed by atoms with E-state index in [1.807, 2.05) is 187 Å². The number of hydrogen-bond donors (Lipinski definition) is 0.